The average Bonchev–Trinajstić information content (AvgIpc) is 2.85. The van der Waals surface area contributed by atoms with Crippen LogP contribution in [0, 0.1) is 12.3 Å². The number of nitrogens with one attached hydrogen (secondary N) is 2. The summed E-state index contributed by atoms with van der Waals surface area (Å²) in [6.45, 7) is 0.654. The molecular formula is C14H15N3O. The Kier molecular flexibility index (Phi) is 3.98. The van der Waals surface area contributed by atoms with Crippen molar-refractivity contribution in [2.75, 3.05) is 6.54 Å². The molecule has 0 fully saturated rings. The first kappa shape index (κ1) is 12.2. The van der Waals surface area contributed by atoms with Crippen LogP contribution in [0.25, 0.3) is 11.0 Å². The Morgan fingerprint density at radius 3 is 3.17 bits per heavy atom. The minimum Gasteiger partial charge on any atom is -0.352 e. The van der Waals surface area contributed by atoms with Crippen LogP contribution in [0.1, 0.15) is 29.6 Å². The van der Waals surface area contributed by atoms with Crippen molar-refractivity contribution >= 4 is 16.9 Å². The first-order valence-corrected chi connectivity index (χ1v) is 5.96. The number of H-pyrrole nitrogens is 1. The maximum absolute atomic E-state index is 11.9. The number of hydrogen-bond acceptors (Lipinski definition) is 2. The van der Waals surface area contributed by atoms with E-state index in [4.69, 9.17) is 6.42 Å². The molecule has 4 nitrogen and oxygen atoms in total. The Balaban J connectivity index is 1.90. The number of fused-ring (bicyclic) bond motifs is 1. The van der Waals surface area contributed by atoms with Crippen molar-refractivity contribution in [3.8, 4) is 12.3 Å². The topological polar surface area (TPSA) is 57.8 Å². The molecule has 1 amide bonds. The van der Waals surface area contributed by atoms with Gasteiger partial charge < -0.3 is 10.3 Å². The number of amides is 1. The van der Waals surface area contributed by atoms with Crippen LogP contribution >= 0.6 is 0 Å². The lowest BCUT2D eigenvalue weighted by Crippen LogP contribution is -2.24. The van der Waals surface area contributed by atoms with Gasteiger partial charge in [0.1, 0.15) is 0 Å². The first-order valence-electron chi connectivity index (χ1n) is 5.96. The molecule has 0 saturated carbocycles. The van der Waals surface area contributed by atoms with E-state index in [2.05, 4.69) is 21.2 Å². The predicted octanol–water partition coefficient (Wildman–Crippen LogP) is 2.10. The maximum Gasteiger partial charge on any atom is 0.251 e. The van der Waals surface area contributed by atoms with Crippen LogP contribution in [0.2, 0.25) is 0 Å². The minimum absolute atomic E-state index is 0.0628. The van der Waals surface area contributed by atoms with Gasteiger partial charge in [0.2, 0.25) is 0 Å². The molecule has 0 spiro atoms. The van der Waals surface area contributed by atoms with Crippen molar-refractivity contribution in [2.24, 2.45) is 0 Å². The van der Waals surface area contributed by atoms with Crippen LogP contribution in [0.5, 0.6) is 0 Å². The molecule has 0 aliphatic heterocycles. The highest BCUT2D eigenvalue weighted by Crippen LogP contribution is 2.11. The summed E-state index contributed by atoms with van der Waals surface area (Å²) in [5, 5.41) is 2.87. The van der Waals surface area contributed by atoms with Gasteiger partial charge in [-0.15, -0.1) is 12.3 Å². The highest BCUT2D eigenvalue weighted by molar-refractivity contribution is 5.97. The number of terminal acetylenes is 1. The third-order valence-corrected chi connectivity index (χ3v) is 2.72. The second-order valence-electron chi connectivity index (χ2n) is 4.05. The quantitative estimate of drug-likeness (QED) is 0.622. The van der Waals surface area contributed by atoms with Crippen LogP contribution in [-0.2, 0) is 0 Å². The molecule has 2 aromatic rings. The number of benzene rings is 1. The van der Waals surface area contributed by atoms with E-state index in [0.717, 1.165) is 30.3 Å². The van der Waals surface area contributed by atoms with Gasteiger partial charge in [-0.1, -0.05) is 0 Å². The van der Waals surface area contributed by atoms with E-state index in [1.54, 1.807) is 18.5 Å². The highest BCUT2D eigenvalue weighted by atomic mass is 16.1. The van der Waals surface area contributed by atoms with E-state index < -0.39 is 0 Å². The summed E-state index contributed by atoms with van der Waals surface area (Å²) in [4.78, 5) is 19.0. The monoisotopic (exact) mass is 241 g/mol. The molecule has 1 aromatic carbocycles. The molecule has 18 heavy (non-hydrogen) atoms. The Labute approximate surface area is 106 Å². The minimum atomic E-state index is -0.0628. The lowest BCUT2D eigenvalue weighted by Gasteiger charge is -2.04. The Morgan fingerprint density at radius 1 is 1.44 bits per heavy atom. The van der Waals surface area contributed by atoms with E-state index in [-0.39, 0.29) is 5.91 Å². The van der Waals surface area contributed by atoms with Crippen LogP contribution in [-0.4, -0.2) is 22.4 Å². The van der Waals surface area contributed by atoms with Crippen LogP contribution < -0.4 is 5.32 Å². The van der Waals surface area contributed by atoms with E-state index in [9.17, 15) is 4.79 Å². The number of nitrogens with zero attached hydrogens (tertiary/aromatic N) is 1. The van der Waals surface area contributed by atoms with E-state index >= 15 is 0 Å². The molecule has 0 atom stereocenters. The van der Waals surface area contributed by atoms with Crippen molar-refractivity contribution in [3.63, 3.8) is 0 Å². The molecule has 0 aliphatic carbocycles. The second-order valence-corrected chi connectivity index (χ2v) is 4.05. The number of aromatic amines is 1. The molecule has 0 aliphatic rings. The van der Waals surface area contributed by atoms with Gasteiger partial charge in [0.05, 0.1) is 17.4 Å². The zero-order chi connectivity index (χ0) is 12.8. The fraction of sp³-hybridized carbons (Fsp3) is 0.286. The van der Waals surface area contributed by atoms with Gasteiger partial charge in [0, 0.05) is 18.5 Å². The number of unbranched alkanes of at least 4 members (excludes halogenated alkanes) is 2. The molecular weight excluding hydrogens is 226 g/mol. The summed E-state index contributed by atoms with van der Waals surface area (Å²) in [5.74, 6) is 2.52. The number of imidazole rings is 1. The molecule has 2 N–H and O–H groups in total. The molecule has 0 bridgehead atoms. The van der Waals surface area contributed by atoms with E-state index in [0.29, 0.717) is 12.1 Å². The number of carbonyl (C=O) groups is 1. The third kappa shape index (κ3) is 2.89. The fourth-order valence-electron chi connectivity index (χ4n) is 1.73. The summed E-state index contributed by atoms with van der Waals surface area (Å²) >= 11 is 0. The standard InChI is InChI=1S/C14H15N3O/c1-2-3-4-5-8-15-14(18)11-6-7-12-13(9-11)17-10-16-12/h1,6-7,9-10H,3-5,8H2,(H,15,18)(H,16,17). The van der Waals surface area contributed by atoms with Gasteiger partial charge in [0.15, 0.2) is 0 Å². The zero-order valence-corrected chi connectivity index (χ0v) is 10.1. The van der Waals surface area contributed by atoms with Gasteiger partial charge in [-0.05, 0) is 31.0 Å². The Bertz CT molecular complexity index is 580. The third-order valence-electron chi connectivity index (χ3n) is 2.72. The van der Waals surface area contributed by atoms with Gasteiger partial charge >= 0.3 is 0 Å². The summed E-state index contributed by atoms with van der Waals surface area (Å²) in [6, 6.07) is 5.41. The van der Waals surface area contributed by atoms with Crippen molar-refractivity contribution in [3.05, 3.63) is 30.1 Å². The highest BCUT2D eigenvalue weighted by Gasteiger charge is 2.06. The van der Waals surface area contributed by atoms with Gasteiger partial charge in [-0.2, -0.15) is 0 Å². The second kappa shape index (κ2) is 5.87. The lowest BCUT2D eigenvalue weighted by molar-refractivity contribution is 0.0953. The van der Waals surface area contributed by atoms with E-state index in [1.807, 2.05) is 6.07 Å². The normalized spacial score (nSPS) is 10.2. The molecule has 1 heterocycles. The Hall–Kier alpha value is -2.28. The largest absolute Gasteiger partial charge is 0.352 e. The van der Waals surface area contributed by atoms with Crippen molar-refractivity contribution in [2.45, 2.75) is 19.3 Å². The smallest absolute Gasteiger partial charge is 0.251 e. The van der Waals surface area contributed by atoms with Crippen molar-refractivity contribution in [1.82, 2.24) is 15.3 Å². The Morgan fingerprint density at radius 2 is 2.33 bits per heavy atom. The summed E-state index contributed by atoms with van der Waals surface area (Å²) in [7, 11) is 0. The summed E-state index contributed by atoms with van der Waals surface area (Å²) < 4.78 is 0. The van der Waals surface area contributed by atoms with Crippen LogP contribution in [0.3, 0.4) is 0 Å². The van der Waals surface area contributed by atoms with Gasteiger partial charge in [-0.3, -0.25) is 4.79 Å². The van der Waals surface area contributed by atoms with Gasteiger partial charge in [0.25, 0.3) is 5.91 Å². The van der Waals surface area contributed by atoms with Crippen molar-refractivity contribution in [1.29, 1.82) is 0 Å². The molecule has 0 unspecified atom stereocenters. The predicted molar refractivity (Wildman–Crippen MR) is 71.1 cm³/mol. The molecule has 2 rings (SSSR count). The molecule has 92 valence electrons. The molecule has 1 aromatic heterocycles. The zero-order valence-electron chi connectivity index (χ0n) is 10.1. The number of carbonyl (C=O) groups excluding carboxylic acids is 1. The fourth-order valence-corrected chi connectivity index (χ4v) is 1.73. The number of aromatic nitrogens is 2. The molecule has 0 saturated heterocycles. The average molecular weight is 241 g/mol. The van der Waals surface area contributed by atoms with Crippen LogP contribution in [0.4, 0.5) is 0 Å². The van der Waals surface area contributed by atoms with E-state index in [1.165, 1.54) is 0 Å². The first-order chi connectivity index (χ1) is 8.81. The van der Waals surface area contributed by atoms with Gasteiger partial charge in [-0.25, -0.2) is 4.98 Å². The van der Waals surface area contributed by atoms with Crippen LogP contribution in [0.15, 0.2) is 24.5 Å². The maximum atomic E-state index is 11.9. The lowest BCUT2D eigenvalue weighted by atomic mass is 10.2. The van der Waals surface area contributed by atoms with Crippen molar-refractivity contribution < 1.29 is 4.79 Å². The molecule has 4 heteroatoms. The summed E-state index contributed by atoms with van der Waals surface area (Å²) in [6.07, 6.45) is 9.38. The summed E-state index contributed by atoms with van der Waals surface area (Å²) in [5.41, 5.74) is 2.37. The molecule has 0 radical (unpaired) electrons. The number of hydrogen-bond donors (Lipinski definition) is 2. The SMILES string of the molecule is C#CCCCCNC(=O)c1ccc2nc[nH]c2c1. The number of rotatable bonds is 5.